The molecule has 3 fully saturated rings. The van der Waals surface area contributed by atoms with Crippen molar-refractivity contribution in [3.63, 3.8) is 0 Å². The summed E-state index contributed by atoms with van der Waals surface area (Å²) in [6.45, 7) is 8.01. The molecular formula is C38H50F3N5O10S. The van der Waals surface area contributed by atoms with Crippen LogP contribution in [-0.2, 0) is 33.9 Å². The Balaban J connectivity index is 1.45. The predicted octanol–water partition coefficient (Wildman–Crippen LogP) is 4.15. The average molecular weight is 826 g/mol. The number of fused-ring (bicyclic) bond motifs is 1. The van der Waals surface area contributed by atoms with Crippen LogP contribution in [0.4, 0.5) is 18.0 Å². The number of amides is 4. The van der Waals surface area contributed by atoms with Gasteiger partial charge < -0.3 is 34.5 Å². The Morgan fingerprint density at radius 2 is 1.75 bits per heavy atom. The van der Waals surface area contributed by atoms with Crippen molar-refractivity contribution in [2.75, 3.05) is 26.9 Å². The molecule has 0 radical (unpaired) electrons. The number of pyridine rings is 1. The molecule has 2 saturated carbocycles. The number of likely N-dealkylation sites (tertiary alicyclic amines) is 1. The first-order chi connectivity index (χ1) is 26.6. The number of methoxy groups -OCH3 is 1. The second-order valence-electron chi connectivity index (χ2n) is 15.7. The number of nitrogens with one attached hydrogen (secondary N) is 3. The summed E-state index contributed by atoms with van der Waals surface area (Å²) in [6, 6.07) is 4.31. The van der Waals surface area contributed by atoms with E-state index < -0.39 is 85.9 Å². The molecule has 57 heavy (non-hydrogen) atoms. The van der Waals surface area contributed by atoms with Crippen LogP contribution in [0.3, 0.4) is 0 Å². The van der Waals surface area contributed by atoms with E-state index in [1.807, 2.05) is 0 Å². The van der Waals surface area contributed by atoms with E-state index >= 15 is 0 Å². The number of alkyl halides is 3. The normalized spacial score (nSPS) is 23.6. The van der Waals surface area contributed by atoms with Crippen molar-refractivity contribution in [1.82, 2.24) is 25.2 Å². The van der Waals surface area contributed by atoms with Crippen LogP contribution < -0.4 is 24.8 Å². The minimum absolute atomic E-state index is 0.0768. The summed E-state index contributed by atoms with van der Waals surface area (Å²) in [6.07, 6.45) is -1.84. The van der Waals surface area contributed by atoms with E-state index in [0.29, 0.717) is 49.8 Å². The van der Waals surface area contributed by atoms with E-state index in [0.717, 1.165) is 4.90 Å². The van der Waals surface area contributed by atoms with Crippen molar-refractivity contribution >= 4 is 44.6 Å². The fourth-order valence-corrected chi connectivity index (χ4v) is 7.87. The second-order valence-corrected chi connectivity index (χ2v) is 17.9. The topological polar surface area (TPSA) is 192 Å². The van der Waals surface area contributed by atoms with Gasteiger partial charge in [0.15, 0.2) is 0 Å². The van der Waals surface area contributed by atoms with Gasteiger partial charge in [0.05, 0.1) is 24.1 Å². The van der Waals surface area contributed by atoms with Crippen molar-refractivity contribution < 1.29 is 59.7 Å². The van der Waals surface area contributed by atoms with Gasteiger partial charge in [0, 0.05) is 30.2 Å². The molecule has 1 aromatic heterocycles. The summed E-state index contributed by atoms with van der Waals surface area (Å²) in [7, 11) is -2.54. The minimum atomic E-state index is -4.91. The molecule has 0 unspecified atom stereocenters. The number of benzene rings is 1. The van der Waals surface area contributed by atoms with Crippen LogP contribution in [0.5, 0.6) is 11.6 Å². The first-order valence-corrected chi connectivity index (χ1v) is 20.1. The summed E-state index contributed by atoms with van der Waals surface area (Å²) < 4.78 is 89.7. The Morgan fingerprint density at radius 3 is 2.35 bits per heavy atom. The van der Waals surface area contributed by atoms with Gasteiger partial charge in [-0.25, -0.2) is 18.2 Å². The minimum Gasteiger partial charge on any atom is -0.489 e. The summed E-state index contributed by atoms with van der Waals surface area (Å²) in [5.41, 5.74) is -4.54. The molecule has 2 aliphatic carbocycles. The van der Waals surface area contributed by atoms with Crippen molar-refractivity contribution in [3.05, 3.63) is 42.6 Å². The fraction of sp³-hybridized carbons (Fsp3) is 0.605. The third-order valence-electron chi connectivity index (χ3n) is 10.7. The highest BCUT2D eigenvalue weighted by Gasteiger charge is 2.63. The molecule has 2 aromatic rings. The number of hydrogen-bond acceptors (Lipinski definition) is 11. The van der Waals surface area contributed by atoms with Gasteiger partial charge in [-0.3, -0.25) is 19.1 Å². The maximum atomic E-state index is 14.4. The third-order valence-corrected chi connectivity index (χ3v) is 12.8. The standard InChI is InChI=1S/C38H50F3N5O10S/c1-8-11-23-19-37(23,33(49)45-57(51,52)36(6)14-15-36)44-30(47)27-18-24(55-31-26-13-10-9-12-25(26)28(20-42-31)54-17-16-53-7)21-46(27)32(48)29(22(2)3)43-34(50)56-35(4,5)38(39,40)41/h8-13,20,22-24,27,29H,14-19,21H2,1-7H3,(H,43,50)(H,44,47)(H,45,49)/b11-8-/t23-,24-,27+,29+,37-/m1/s1. The molecule has 4 amide bonds. The number of nitrogens with zero attached hydrogens (tertiary/aromatic N) is 2. The van der Waals surface area contributed by atoms with Crippen LogP contribution in [0.1, 0.15) is 67.2 Å². The first kappa shape index (κ1) is 43.5. The highest BCUT2D eigenvalue weighted by atomic mass is 32.2. The van der Waals surface area contributed by atoms with Gasteiger partial charge in [-0.2, -0.15) is 13.2 Å². The van der Waals surface area contributed by atoms with E-state index in [1.165, 1.54) is 13.1 Å². The van der Waals surface area contributed by atoms with Gasteiger partial charge in [-0.1, -0.05) is 44.2 Å². The van der Waals surface area contributed by atoms with Crippen LogP contribution in [0, 0.1) is 11.8 Å². The largest absolute Gasteiger partial charge is 0.489 e. The molecule has 314 valence electrons. The molecule has 0 bridgehead atoms. The Labute approximate surface area is 329 Å². The maximum Gasteiger partial charge on any atom is 0.427 e. The quantitative estimate of drug-likeness (QED) is 0.163. The zero-order chi connectivity index (χ0) is 42.1. The molecule has 3 N–H and O–H groups in total. The van der Waals surface area contributed by atoms with Crippen molar-refractivity contribution in [1.29, 1.82) is 0 Å². The van der Waals surface area contributed by atoms with Crippen LogP contribution in [-0.4, -0.2) is 109 Å². The number of hydrogen-bond donors (Lipinski definition) is 3. The molecule has 0 spiro atoms. The number of carbonyl (C=O) groups is 4. The van der Waals surface area contributed by atoms with Crippen molar-refractivity contribution in [2.24, 2.45) is 11.8 Å². The lowest BCUT2D eigenvalue weighted by Crippen LogP contribution is -2.59. The number of alkyl carbamates (subject to hydrolysis) is 1. The zero-order valence-electron chi connectivity index (χ0n) is 32.9. The maximum absolute atomic E-state index is 14.4. The Bertz CT molecular complexity index is 2010. The van der Waals surface area contributed by atoms with Crippen LogP contribution >= 0.6 is 0 Å². The molecule has 5 rings (SSSR count). The number of halogens is 3. The number of aromatic nitrogens is 1. The van der Waals surface area contributed by atoms with E-state index in [-0.39, 0.29) is 31.9 Å². The smallest absolute Gasteiger partial charge is 0.427 e. The Kier molecular flexibility index (Phi) is 12.4. The molecule has 3 aliphatic rings. The number of carbonyl (C=O) groups excluding carboxylic acids is 4. The lowest BCUT2D eigenvalue weighted by molar-refractivity contribution is -0.244. The predicted molar refractivity (Wildman–Crippen MR) is 201 cm³/mol. The molecule has 1 saturated heterocycles. The Hall–Kier alpha value is -4.65. The second kappa shape index (κ2) is 16.3. The molecule has 15 nitrogen and oxygen atoms in total. The number of ether oxygens (including phenoxy) is 4. The van der Waals surface area contributed by atoms with Crippen LogP contribution in [0.25, 0.3) is 10.8 Å². The van der Waals surface area contributed by atoms with Gasteiger partial charge >= 0.3 is 12.3 Å². The fourth-order valence-electron chi connectivity index (χ4n) is 6.55. The van der Waals surface area contributed by atoms with E-state index in [4.69, 9.17) is 14.2 Å². The third kappa shape index (κ3) is 9.24. The van der Waals surface area contributed by atoms with Crippen molar-refractivity contribution in [3.8, 4) is 11.6 Å². The molecule has 2 heterocycles. The summed E-state index contributed by atoms with van der Waals surface area (Å²) in [5.74, 6) is -3.21. The highest BCUT2D eigenvalue weighted by Crippen LogP contribution is 2.47. The lowest BCUT2D eigenvalue weighted by Gasteiger charge is -2.32. The average Bonchev–Trinajstić information content (AvgIpc) is 4.00. The van der Waals surface area contributed by atoms with Gasteiger partial charge in [0.1, 0.15) is 36.1 Å². The zero-order valence-corrected chi connectivity index (χ0v) is 33.7. The SMILES string of the molecule is C/C=C\[C@@H]1C[C@]1(NC(=O)[C@@H]1C[C@@H](Oc2ncc(OCCOC)c3ccccc23)CN1C(=O)[C@@H](NC(=O)OC(C)(C)C(F)(F)F)C(C)C)C(=O)NS(=O)(=O)C1(C)CC1. The Morgan fingerprint density at radius 1 is 1.09 bits per heavy atom. The van der Waals surface area contributed by atoms with E-state index in [9.17, 15) is 40.8 Å². The molecule has 1 aliphatic heterocycles. The number of rotatable bonds is 16. The number of sulfonamides is 1. The molecular weight excluding hydrogens is 776 g/mol. The van der Waals surface area contributed by atoms with Gasteiger partial charge in [-0.15, -0.1) is 0 Å². The summed E-state index contributed by atoms with van der Waals surface area (Å²) in [4.78, 5) is 60.8. The lowest BCUT2D eigenvalue weighted by atomic mass is 10.0. The van der Waals surface area contributed by atoms with Crippen molar-refractivity contribution in [2.45, 2.75) is 107 Å². The summed E-state index contributed by atoms with van der Waals surface area (Å²) >= 11 is 0. The van der Waals surface area contributed by atoms with Gasteiger partial charge in [-0.05, 0) is 58.9 Å². The molecule has 19 heteroatoms. The first-order valence-electron chi connectivity index (χ1n) is 18.6. The van der Waals surface area contributed by atoms with Gasteiger partial charge in [0.2, 0.25) is 33.3 Å². The van der Waals surface area contributed by atoms with Gasteiger partial charge in [0.25, 0.3) is 5.91 Å². The van der Waals surface area contributed by atoms with Crippen LogP contribution in [0.15, 0.2) is 42.6 Å². The summed E-state index contributed by atoms with van der Waals surface area (Å²) in [5, 5.41) is 6.20. The molecule has 5 atom stereocenters. The van der Waals surface area contributed by atoms with E-state index in [2.05, 4.69) is 25.1 Å². The highest BCUT2D eigenvalue weighted by molar-refractivity contribution is 7.91. The van der Waals surface area contributed by atoms with Crippen LogP contribution in [0.2, 0.25) is 0 Å². The molecule has 1 aromatic carbocycles. The monoisotopic (exact) mass is 825 g/mol. The van der Waals surface area contributed by atoms with E-state index in [1.54, 1.807) is 64.3 Å². The number of allylic oxidation sites excluding steroid dienone is 1.